The molecule has 0 atom stereocenters. The summed E-state index contributed by atoms with van der Waals surface area (Å²) in [6, 6.07) is 5.31. The minimum absolute atomic E-state index is 0.110. The number of ether oxygens (including phenoxy) is 1. The van der Waals surface area contributed by atoms with E-state index in [1.807, 2.05) is 26.8 Å². The molecule has 3 N–H and O–H groups in total. The van der Waals surface area contributed by atoms with E-state index >= 15 is 0 Å². The van der Waals surface area contributed by atoms with Crippen molar-refractivity contribution in [3.05, 3.63) is 23.8 Å². The number of carbonyl (C=O) groups is 1. The molecule has 0 saturated heterocycles. The van der Waals surface area contributed by atoms with E-state index in [4.69, 9.17) is 10.5 Å². The van der Waals surface area contributed by atoms with Crippen molar-refractivity contribution < 1.29 is 9.53 Å². The molecule has 0 spiro atoms. The zero-order valence-electron chi connectivity index (χ0n) is 10.8. The van der Waals surface area contributed by atoms with Gasteiger partial charge in [-0.2, -0.15) is 0 Å². The van der Waals surface area contributed by atoms with E-state index in [9.17, 15) is 4.79 Å². The van der Waals surface area contributed by atoms with Crippen LogP contribution in [0.2, 0.25) is 0 Å². The van der Waals surface area contributed by atoms with Crippen LogP contribution in [-0.4, -0.2) is 18.1 Å². The van der Waals surface area contributed by atoms with Gasteiger partial charge in [0.1, 0.15) is 0 Å². The monoisotopic (exact) mass is 236 g/mol. The Morgan fingerprint density at radius 3 is 2.59 bits per heavy atom. The van der Waals surface area contributed by atoms with Gasteiger partial charge in [-0.1, -0.05) is 6.07 Å². The van der Waals surface area contributed by atoms with E-state index in [1.54, 1.807) is 19.1 Å². The summed E-state index contributed by atoms with van der Waals surface area (Å²) in [6.07, 6.45) is 0. The number of nitrogens with two attached hydrogens (primary N) is 1. The lowest BCUT2D eigenvalue weighted by Crippen LogP contribution is -2.27. The van der Waals surface area contributed by atoms with Crippen LogP contribution in [0.1, 0.15) is 38.1 Å². The van der Waals surface area contributed by atoms with Crippen LogP contribution < -0.4 is 11.1 Å². The van der Waals surface area contributed by atoms with Gasteiger partial charge >= 0.3 is 5.97 Å². The minimum atomic E-state index is -0.387. The summed E-state index contributed by atoms with van der Waals surface area (Å²) in [6.45, 7) is 8.21. The fraction of sp³-hybridized carbons (Fsp3) is 0.462. The summed E-state index contributed by atoms with van der Waals surface area (Å²) in [5.74, 6) is -0.387. The van der Waals surface area contributed by atoms with Crippen molar-refractivity contribution in [2.45, 2.75) is 33.2 Å². The first-order valence-electron chi connectivity index (χ1n) is 5.69. The van der Waals surface area contributed by atoms with Gasteiger partial charge in [-0.05, 0) is 39.8 Å². The first-order valence-corrected chi connectivity index (χ1v) is 5.69. The number of anilines is 2. The van der Waals surface area contributed by atoms with Crippen LogP contribution in [0.4, 0.5) is 11.4 Å². The van der Waals surface area contributed by atoms with Crippen LogP contribution in [0, 0.1) is 0 Å². The first-order chi connectivity index (χ1) is 7.85. The van der Waals surface area contributed by atoms with E-state index in [0.29, 0.717) is 17.9 Å². The van der Waals surface area contributed by atoms with Crippen molar-refractivity contribution in [3.8, 4) is 0 Å². The van der Waals surface area contributed by atoms with Gasteiger partial charge in [0.25, 0.3) is 0 Å². The zero-order valence-corrected chi connectivity index (χ0v) is 10.8. The predicted octanol–water partition coefficient (Wildman–Crippen LogP) is 2.66. The number of carbonyl (C=O) groups excluding carboxylic acids is 1. The van der Waals surface area contributed by atoms with Crippen LogP contribution in [0.5, 0.6) is 0 Å². The highest BCUT2D eigenvalue weighted by Gasteiger charge is 2.16. The van der Waals surface area contributed by atoms with Crippen molar-refractivity contribution in [1.29, 1.82) is 0 Å². The highest BCUT2D eigenvalue weighted by atomic mass is 16.5. The van der Waals surface area contributed by atoms with Gasteiger partial charge in [-0.15, -0.1) is 0 Å². The number of hydrogen-bond acceptors (Lipinski definition) is 4. The van der Waals surface area contributed by atoms with Crippen LogP contribution in [0.3, 0.4) is 0 Å². The molecular formula is C13H20N2O2. The summed E-state index contributed by atoms with van der Waals surface area (Å²) in [5, 5.41) is 3.25. The molecule has 0 unspecified atom stereocenters. The summed E-state index contributed by atoms with van der Waals surface area (Å²) in [5.41, 5.74) is 7.44. The summed E-state index contributed by atoms with van der Waals surface area (Å²) in [4.78, 5) is 11.7. The molecule has 0 fully saturated rings. The van der Waals surface area contributed by atoms with Gasteiger partial charge in [0.2, 0.25) is 0 Å². The number of rotatable bonds is 3. The molecule has 17 heavy (non-hydrogen) atoms. The number of nitrogen functional groups attached to an aromatic ring is 1. The normalized spacial score (nSPS) is 11.1. The molecule has 1 rings (SSSR count). The number of hydrogen-bond donors (Lipinski definition) is 2. The second-order valence-electron chi connectivity index (χ2n) is 4.86. The maximum atomic E-state index is 11.7. The summed E-state index contributed by atoms with van der Waals surface area (Å²) in [7, 11) is 0. The SMILES string of the molecule is CCOC(=O)c1cccc(NC(C)(C)C)c1N. The van der Waals surface area contributed by atoms with E-state index in [-0.39, 0.29) is 11.5 Å². The first kappa shape index (κ1) is 13.4. The van der Waals surface area contributed by atoms with Crippen molar-refractivity contribution in [2.75, 3.05) is 17.7 Å². The van der Waals surface area contributed by atoms with E-state index in [2.05, 4.69) is 5.32 Å². The molecule has 0 radical (unpaired) electrons. The molecule has 4 nitrogen and oxygen atoms in total. The predicted molar refractivity (Wildman–Crippen MR) is 70.2 cm³/mol. The molecule has 0 heterocycles. The van der Waals surface area contributed by atoms with Gasteiger partial charge in [0, 0.05) is 5.54 Å². The van der Waals surface area contributed by atoms with E-state index in [1.165, 1.54) is 0 Å². The standard InChI is InChI=1S/C13H20N2O2/c1-5-17-12(16)9-7-6-8-10(11(9)14)15-13(2,3)4/h6-8,15H,5,14H2,1-4H3. The molecule has 0 aliphatic heterocycles. The fourth-order valence-electron chi connectivity index (χ4n) is 1.47. The Labute approximate surface area is 102 Å². The third kappa shape index (κ3) is 3.66. The molecule has 94 valence electrons. The Kier molecular flexibility index (Phi) is 3.99. The largest absolute Gasteiger partial charge is 0.462 e. The highest BCUT2D eigenvalue weighted by Crippen LogP contribution is 2.26. The number of esters is 1. The van der Waals surface area contributed by atoms with Gasteiger partial charge in [-0.25, -0.2) is 4.79 Å². The molecule has 0 bridgehead atoms. The Balaban J connectivity index is 3.03. The molecule has 4 heteroatoms. The van der Waals surface area contributed by atoms with Gasteiger partial charge in [0.15, 0.2) is 0 Å². The highest BCUT2D eigenvalue weighted by molar-refractivity contribution is 5.98. The summed E-state index contributed by atoms with van der Waals surface area (Å²) >= 11 is 0. The smallest absolute Gasteiger partial charge is 0.340 e. The molecule has 1 aromatic rings. The van der Waals surface area contributed by atoms with Crippen molar-refractivity contribution in [1.82, 2.24) is 0 Å². The Hall–Kier alpha value is -1.71. The topological polar surface area (TPSA) is 64.3 Å². The van der Waals surface area contributed by atoms with E-state index in [0.717, 1.165) is 5.69 Å². The van der Waals surface area contributed by atoms with Crippen molar-refractivity contribution in [2.24, 2.45) is 0 Å². The van der Waals surface area contributed by atoms with Gasteiger partial charge < -0.3 is 15.8 Å². The average Bonchev–Trinajstić information content (AvgIpc) is 2.19. The third-order valence-corrected chi connectivity index (χ3v) is 2.11. The van der Waals surface area contributed by atoms with Crippen LogP contribution in [0.15, 0.2) is 18.2 Å². The fourth-order valence-corrected chi connectivity index (χ4v) is 1.47. The maximum Gasteiger partial charge on any atom is 0.340 e. The third-order valence-electron chi connectivity index (χ3n) is 2.11. The van der Waals surface area contributed by atoms with Crippen LogP contribution in [0.25, 0.3) is 0 Å². The lowest BCUT2D eigenvalue weighted by molar-refractivity contribution is 0.0527. The second-order valence-corrected chi connectivity index (χ2v) is 4.86. The van der Waals surface area contributed by atoms with Crippen LogP contribution in [-0.2, 0) is 4.74 Å². The quantitative estimate of drug-likeness (QED) is 0.625. The molecular weight excluding hydrogens is 216 g/mol. The Bertz CT molecular complexity index is 408. The Morgan fingerprint density at radius 1 is 1.41 bits per heavy atom. The lowest BCUT2D eigenvalue weighted by Gasteiger charge is -2.23. The Morgan fingerprint density at radius 2 is 2.06 bits per heavy atom. The molecule has 0 amide bonds. The maximum absolute atomic E-state index is 11.7. The molecule has 0 saturated carbocycles. The number of nitrogens with one attached hydrogen (secondary N) is 1. The summed E-state index contributed by atoms with van der Waals surface area (Å²) < 4.78 is 4.95. The van der Waals surface area contributed by atoms with E-state index < -0.39 is 0 Å². The lowest BCUT2D eigenvalue weighted by atomic mass is 10.1. The molecule has 0 aliphatic carbocycles. The van der Waals surface area contributed by atoms with Crippen molar-refractivity contribution >= 4 is 17.3 Å². The molecule has 0 aliphatic rings. The molecule has 1 aromatic carbocycles. The van der Waals surface area contributed by atoms with Crippen molar-refractivity contribution in [3.63, 3.8) is 0 Å². The second kappa shape index (κ2) is 5.08. The average molecular weight is 236 g/mol. The number of para-hydroxylation sites is 1. The molecule has 0 aromatic heterocycles. The van der Waals surface area contributed by atoms with Crippen LogP contribution >= 0.6 is 0 Å². The number of benzene rings is 1. The van der Waals surface area contributed by atoms with Gasteiger partial charge in [0.05, 0.1) is 23.5 Å². The van der Waals surface area contributed by atoms with Gasteiger partial charge in [-0.3, -0.25) is 0 Å². The minimum Gasteiger partial charge on any atom is -0.462 e. The zero-order chi connectivity index (χ0) is 13.1.